The largest absolute Gasteiger partial charge is 0.308 e. The first kappa shape index (κ1) is 28.1. The van der Waals surface area contributed by atoms with Crippen molar-refractivity contribution in [1.82, 2.24) is 29.1 Å². The predicted molar refractivity (Wildman–Crippen MR) is 203 cm³/mol. The second kappa shape index (κ2) is 11.4. The number of nitrogens with zero attached hydrogens (tertiary/aromatic N) is 6. The van der Waals surface area contributed by atoms with Crippen LogP contribution in [0.1, 0.15) is 0 Å². The predicted octanol–water partition coefficient (Wildman–Crippen LogP) is 10.5. The molecule has 4 heterocycles. The highest BCUT2D eigenvalue weighted by atomic mass is 15.2. The molecular formula is C44H28N6. The number of benzene rings is 6. The molecule has 0 saturated carbocycles. The third-order valence-corrected chi connectivity index (χ3v) is 9.43. The topological polar surface area (TPSA) is 61.4 Å². The molecule has 0 bridgehead atoms. The molecule has 4 aromatic heterocycles. The first-order valence-electron chi connectivity index (χ1n) is 16.7. The van der Waals surface area contributed by atoms with Crippen LogP contribution in [0.25, 0.3) is 89.3 Å². The van der Waals surface area contributed by atoms with Crippen LogP contribution in [0.5, 0.6) is 0 Å². The summed E-state index contributed by atoms with van der Waals surface area (Å²) in [5.41, 5.74) is 10.4. The molecule has 234 valence electrons. The fraction of sp³-hybridized carbons (Fsp3) is 0. The van der Waals surface area contributed by atoms with Crippen LogP contribution in [0.2, 0.25) is 0 Å². The molecule has 0 unspecified atom stereocenters. The lowest BCUT2D eigenvalue weighted by Gasteiger charge is -2.12. The molecule has 0 aliphatic carbocycles. The van der Waals surface area contributed by atoms with E-state index in [1.807, 2.05) is 79.0 Å². The van der Waals surface area contributed by atoms with Gasteiger partial charge >= 0.3 is 0 Å². The number of aromatic nitrogens is 6. The molecule has 0 aliphatic rings. The Labute approximate surface area is 287 Å². The van der Waals surface area contributed by atoms with Gasteiger partial charge in [-0.2, -0.15) is 9.97 Å². The maximum absolute atomic E-state index is 5.12. The van der Waals surface area contributed by atoms with Crippen LogP contribution in [0.4, 0.5) is 0 Å². The van der Waals surface area contributed by atoms with E-state index < -0.39 is 0 Å². The van der Waals surface area contributed by atoms with Crippen LogP contribution < -0.4 is 0 Å². The van der Waals surface area contributed by atoms with Gasteiger partial charge in [0, 0.05) is 39.2 Å². The quantitative estimate of drug-likeness (QED) is 0.188. The normalized spacial score (nSPS) is 11.6. The summed E-state index contributed by atoms with van der Waals surface area (Å²) in [6.45, 7) is 0. The van der Waals surface area contributed by atoms with Crippen molar-refractivity contribution in [1.29, 1.82) is 0 Å². The molecule has 0 saturated heterocycles. The van der Waals surface area contributed by atoms with Crippen molar-refractivity contribution in [3.8, 4) is 45.5 Å². The molecule has 6 nitrogen and oxygen atoms in total. The molecule has 0 fully saturated rings. The van der Waals surface area contributed by atoms with E-state index in [1.54, 1.807) is 0 Å². The van der Waals surface area contributed by atoms with Crippen LogP contribution >= 0.6 is 0 Å². The summed E-state index contributed by atoms with van der Waals surface area (Å²) < 4.78 is 4.48. The van der Waals surface area contributed by atoms with Gasteiger partial charge in [-0.1, -0.05) is 115 Å². The van der Waals surface area contributed by atoms with Crippen LogP contribution in [-0.2, 0) is 0 Å². The zero-order chi connectivity index (χ0) is 33.0. The van der Waals surface area contributed by atoms with Crippen molar-refractivity contribution in [2.24, 2.45) is 0 Å². The SMILES string of the molecule is c1ccc(-c2nc(-c3ccccc3)nc(-n3c4ccccc4c4ccc(-c5ccc6c7ncccc7n(-c7ccccc7)c6c5)cc43)n2)cc1. The Morgan fingerprint density at radius 2 is 0.900 bits per heavy atom. The summed E-state index contributed by atoms with van der Waals surface area (Å²) in [6.07, 6.45) is 1.87. The molecule has 6 aromatic carbocycles. The first-order chi connectivity index (χ1) is 24.8. The second-order valence-electron chi connectivity index (χ2n) is 12.4. The third kappa shape index (κ3) is 4.50. The fourth-order valence-electron chi connectivity index (χ4n) is 7.13. The lowest BCUT2D eigenvalue weighted by Crippen LogP contribution is -2.06. The maximum atomic E-state index is 5.12. The van der Waals surface area contributed by atoms with E-state index in [2.05, 4.69) is 100 Å². The molecule has 6 heteroatoms. The molecule has 0 N–H and O–H groups in total. The monoisotopic (exact) mass is 640 g/mol. The summed E-state index contributed by atoms with van der Waals surface area (Å²) >= 11 is 0. The highest BCUT2D eigenvalue weighted by Crippen LogP contribution is 2.37. The van der Waals surface area contributed by atoms with E-state index in [0.29, 0.717) is 17.6 Å². The van der Waals surface area contributed by atoms with Crippen molar-refractivity contribution in [2.75, 3.05) is 0 Å². The highest BCUT2D eigenvalue weighted by molar-refractivity contribution is 6.11. The Bertz CT molecular complexity index is 2800. The number of para-hydroxylation sites is 2. The van der Waals surface area contributed by atoms with Crippen molar-refractivity contribution in [2.45, 2.75) is 0 Å². The summed E-state index contributed by atoms with van der Waals surface area (Å²) in [7, 11) is 0. The zero-order valence-electron chi connectivity index (χ0n) is 26.8. The Morgan fingerprint density at radius 3 is 1.58 bits per heavy atom. The molecule has 0 radical (unpaired) electrons. The Hall–Kier alpha value is -6.92. The number of hydrogen-bond acceptors (Lipinski definition) is 4. The average Bonchev–Trinajstić information content (AvgIpc) is 3.71. The van der Waals surface area contributed by atoms with Crippen molar-refractivity contribution < 1.29 is 0 Å². The molecule has 50 heavy (non-hydrogen) atoms. The van der Waals surface area contributed by atoms with Gasteiger partial charge in [0.15, 0.2) is 11.6 Å². The van der Waals surface area contributed by atoms with Crippen LogP contribution in [0, 0.1) is 0 Å². The van der Waals surface area contributed by atoms with Crippen LogP contribution in [0.15, 0.2) is 170 Å². The molecule has 0 spiro atoms. The van der Waals surface area contributed by atoms with Crippen LogP contribution in [-0.4, -0.2) is 29.1 Å². The number of pyridine rings is 1. The van der Waals surface area contributed by atoms with Gasteiger partial charge in [0.1, 0.15) is 0 Å². The van der Waals surface area contributed by atoms with Gasteiger partial charge in [-0.25, -0.2) is 4.98 Å². The molecule has 0 atom stereocenters. The van der Waals surface area contributed by atoms with Gasteiger partial charge in [-0.15, -0.1) is 0 Å². The van der Waals surface area contributed by atoms with E-state index in [9.17, 15) is 0 Å². The number of fused-ring (bicyclic) bond motifs is 6. The second-order valence-corrected chi connectivity index (χ2v) is 12.4. The minimum absolute atomic E-state index is 0.576. The van der Waals surface area contributed by atoms with E-state index in [4.69, 9.17) is 19.9 Å². The summed E-state index contributed by atoms with van der Waals surface area (Å²) in [5.74, 6) is 1.83. The van der Waals surface area contributed by atoms with E-state index in [0.717, 1.165) is 71.7 Å². The Morgan fingerprint density at radius 1 is 0.360 bits per heavy atom. The summed E-state index contributed by atoms with van der Waals surface area (Å²) in [4.78, 5) is 20.0. The van der Waals surface area contributed by atoms with Gasteiger partial charge in [-0.05, 0) is 59.7 Å². The minimum atomic E-state index is 0.576. The Balaban J connectivity index is 1.22. The van der Waals surface area contributed by atoms with Crippen molar-refractivity contribution in [3.63, 3.8) is 0 Å². The average molecular weight is 641 g/mol. The van der Waals surface area contributed by atoms with Gasteiger partial charge in [0.05, 0.1) is 27.6 Å². The fourth-order valence-corrected chi connectivity index (χ4v) is 7.13. The smallest absolute Gasteiger partial charge is 0.238 e. The van der Waals surface area contributed by atoms with Crippen LogP contribution in [0.3, 0.4) is 0 Å². The molecule has 10 aromatic rings. The maximum Gasteiger partial charge on any atom is 0.238 e. The van der Waals surface area contributed by atoms with Gasteiger partial charge < -0.3 is 4.57 Å². The van der Waals surface area contributed by atoms with Crippen molar-refractivity contribution >= 4 is 43.7 Å². The molecule has 0 aliphatic heterocycles. The third-order valence-electron chi connectivity index (χ3n) is 9.43. The van der Waals surface area contributed by atoms with E-state index in [-0.39, 0.29) is 0 Å². The lowest BCUT2D eigenvalue weighted by atomic mass is 10.0. The molecular weight excluding hydrogens is 613 g/mol. The van der Waals surface area contributed by atoms with Gasteiger partial charge in [0.25, 0.3) is 0 Å². The Kier molecular flexibility index (Phi) is 6.39. The van der Waals surface area contributed by atoms with Gasteiger partial charge in [-0.3, -0.25) is 9.55 Å². The highest BCUT2D eigenvalue weighted by Gasteiger charge is 2.19. The molecule has 10 rings (SSSR count). The molecule has 0 amide bonds. The zero-order valence-corrected chi connectivity index (χ0v) is 26.8. The van der Waals surface area contributed by atoms with E-state index >= 15 is 0 Å². The van der Waals surface area contributed by atoms with Gasteiger partial charge in [0.2, 0.25) is 5.95 Å². The standard InChI is InChI=1S/C44H28N6/c1-4-13-29(14-5-1)42-46-43(30-15-6-2-7-16-30)48-44(47-42)50-37-20-11-10-19-34(37)35-24-22-31(27-39(35)50)32-23-25-36-40(28-32)49(33-17-8-3-9-18-33)38-21-12-26-45-41(36)38/h1-28H. The van der Waals surface area contributed by atoms with Crippen molar-refractivity contribution in [3.05, 3.63) is 170 Å². The summed E-state index contributed by atoms with van der Waals surface area (Å²) in [6, 6.07) is 56.7. The van der Waals surface area contributed by atoms with E-state index in [1.165, 1.54) is 0 Å². The number of hydrogen-bond donors (Lipinski definition) is 0. The minimum Gasteiger partial charge on any atom is -0.308 e. The summed E-state index contributed by atoms with van der Waals surface area (Å²) in [5, 5.41) is 3.40. The number of rotatable bonds is 5. The lowest BCUT2D eigenvalue weighted by molar-refractivity contribution is 0.953. The first-order valence-corrected chi connectivity index (χ1v) is 16.7.